The molecule has 1 spiro atoms. The maximum atomic E-state index is 12.4. The third-order valence-corrected chi connectivity index (χ3v) is 6.53. The second-order valence-electron chi connectivity index (χ2n) is 5.71. The summed E-state index contributed by atoms with van der Waals surface area (Å²) in [6.45, 7) is 0.318. The van der Waals surface area contributed by atoms with Gasteiger partial charge in [0, 0.05) is 7.11 Å². The summed E-state index contributed by atoms with van der Waals surface area (Å²) in [5, 5.41) is 0. The highest BCUT2D eigenvalue weighted by Gasteiger charge is 2.79. The number of hydrogen-bond acceptors (Lipinski definition) is 3. The van der Waals surface area contributed by atoms with Gasteiger partial charge in [-0.3, -0.25) is 9.36 Å². The van der Waals surface area contributed by atoms with E-state index >= 15 is 0 Å². The number of ether oxygens (including phenoxy) is 1. The molecule has 0 saturated heterocycles. The Morgan fingerprint density at radius 1 is 1.41 bits per heavy atom. The SMILES string of the molecule is COCC12CCC(C(P(=O)(O)O)C1=O)C21CC1. The van der Waals surface area contributed by atoms with Gasteiger partial charge in [0.05, 0.1) is 12.0 Å². The van der Waals surface area contributed by atoms with Crippen molar-refractivity contribution in [1.29, 1.82) is 0 Å². The van der Waals surface area contributed by atoms with Gasteiger partial charge in [0.2, 0.25) is 0 Å². The van der Waals surface area contributed by atoms with Gasteiger partial charge in [-0.05, 0) is 37.0 Å². The fourth-order valence-corrected chi connectivity index (χ4v) is 5.94. The number of Topliss-reactive ketones (excluding diaryl/α,β-unsaturated/α-hetero) is 1. The molecule has 96 valence electrons. The highest BCUT2D eigenvalue weighted by molar-refractivity contribution is 7.53. The van der Waals surface area contributed by atoms with Crippen LogP contribution in [0, 0.1) is 16.7 Å². The highest BCUT2D eigenvalue weighted by atomic mass is 31.2. The number of hydrogen-bond donors (Lipinski definition) is 2. The van der Waals surface area contributed by atoms with E-state index in [4.69, 9.17) is 4.74 Å². The molecule has 3 aliphatic carbocycles. The van der Waals surface area contributed by atoms with Gasteiger partial charge in [-0.1, -0.05) is 0 Å². The lowest BCUT2D eigenvalue weighted by atomic mass is 9.76. The van der Waals surface area contributed by atoms with E-state index < -0.39 is 18.7 Å². The normalized spacial score (nSPS) is 42.4. The van der Waals surface area contributed by atoms with E-state index in [1.807, 2.05) is 0 Å². The van der Waals surface area contributed by atoms with Crippen LogP contribution in [0.1, 0.15) is 25.7 Å². The van der Waals surface area contributed by atoms with Crippen molar-refractivity contribution in [2.45, 2.75) is 31.3 Å². The van der Waals surface area contributed by atoms with Gasteiger partial charge in [0.25, 0.3) is 0 Å². The average molecular weight is 260 g/mol. The Balaban J connectivity index is 2.07. The van der Waals surface area contributed by atoms with E-state index in [9.17, 15) is 19.1 Å². The first-order valence-electron chi connectivity index (χ1n) is 5.97. The van der Waals surface area contributed by atoms with E-state index in [1.54, 1.807) is 7.11 Å². The molecule has 0 aromatic rings. The van der Waals surface area contributed by atoms with Crippen molar-refractivity contribution >= 4 is 13.4 Å². The van der Waals surface area contributed by atoms with Crippen molar-refractivity contribution in [2.75, 3.05) is 13.7 Å². The molecule has 5 nitrogen and oxygen atoms in total. The molecule has 0 amide bonds. The molecule has 3 fully saturated rings. The quantitative estimate of drug-likeness (QED) is 0.738. The van der Waals surface area contributed by atoms with Gasteiger partial charge in [0.15, 0.2) is 5.78 Å². The molecule has 0 aromatic heterocycles. The van der Waals surface area contributed by atoms with Crippen molar-refractivity contribution in [3.05, 3.63) is 0 Å². The molecular weight excluding hydrogens is 243 g/mol. The van der Waals surface area contributed by atoms with Gasteiger partial charge in [-0.15, -0.1) is 0 Å². The van der Waals surface area contributed by atoms with Crippen LogP contribution >= 0.6 is 7.60 Å². The van der Waals surface area contributed by atoms with Crippen molar-refractivity contribution in [1.82, 2.24) is 0 Å². The number of rotatable bonds is 3. The minimum absolute atomic E-state index is 0.119. The van der Waals surface area contributed by atoms with Crippen LogP contribution in [0.3, 0.4) is 0 Å². The zero-order valence-electron chi connectivity index (χ0n) is 9.76. The third-order valence-electron chi connectivity index (χ3n) is 5.21. The first-order valence-corrected chi connectivity index (χ1v) is 7.66. The van der Waals surface area contributed by atoms with Crippen LogP contribution in [0.2, 0.25) is 0 Å². The molecular formula is C11H17O5P. The second kappa shape index (κ2) is 3.21. The van der Waals surface area contributed by atoms with Crippen LogP contribution < -0.4 is 0 Å². The lowest BCUT2D eigenvalue weighted by molar-refractivity contribution is -0.131. The standard InChI is InChI=1S/C11H17O5P/c1-16-6-11-3-2-7(10(11)4-5-10)8(9(11)12)17(13,14)15/h7-8H,2-6H2,1H3,(H2,13,14,15). The lowest BCUT2D eigenvalue weighted by Crippen LogP contribution is -2.39. The second-order valence-corrected chi connectivity index (χ2v) is 7.45. The van der Waals surface area contributed by atoms with Gasteiger partial charge < -0.3 is 14.5 Å². The molecule has 0 radical (unpaired) electrons. The molecule has 3 unspecified atom stereocenters. The van der Waals surface area contributed by atoms with Crippen molar-refractivity contribution in [2.24, 2.45) is 16.7 Å². The van der Waals surface area contributed by atoms with Crippen LogP contribution in [0.4, 0.5) is 0 Å². The van der Waals surface area contributed by atoms with Crippen LogP contribution in [0.15, 0.2) is 0 Å². The summed E-state index contributed by atoms with van der Waals surface area (Å²) >= 11 is 0. The Labute approximate surface area is 99.7 Å². The Hall–Kier alpha value is -0.220. The summed E-state index contributed by atoms with van der Waals surface area (Å²) in [6.07, 6.45) is 3.33. The molecule has 3 rings (SSSR count). The molecule has 0 aromatic carbocycles. The molecule has 3 saturated carbocycles. The Bertz CT molecular complexity index is 424. The van der Waals surface area contributed by atoms with Crippen molar-refractivity contribution in [3.63, 3.8) is 0 Å². The van der Waals surface area contributed by atoms with Gasteiger partial charge in [-0.25, -0.2) is 0 Å². The van der Waals surface area contributed by atoms with E-state index in [2.05, 4.69) is 0 Å². The molecule has 2 bridgehead atoms. The summed E-state index contributed by atoms with van der Waals surface area (Å²) in [6, 6.07) is 0. The Morgan fingerprint density at radius 2 is 2.06 bits per heavy atom. The molecule has 3 aliphatic rings. The minimum Gasteiger partial charge on any atom is -0.384 e. The smallest absolute Gasteiger partial charge is 0.336 e. The van der Waals surface area contributed by atoms with Crippen molar-refractivity contribution in [3.8, 4) is 0 Å². The highest BCUT2D eigenvalue weighted by Crippen LogP contribution is 2.79. The third kappa shape index (κ3) is 1.21. The van der Waals surface area contributed by atoms with E-state index in [0.29, 0.717) is 6.61 Å². The zero-order chi connectivity index (χ0) is 12.5. The zero-order valence-corrected chi connectivity index (χ0v) is 10.7. The Morgan fingerprint density at radius 3 is 2.53 bits per heavy atom. The van der Waals surface area contributed by atoms with Crippen LogP contribution in [0.25, 0.3) is 0 Å². The lowest BCUT2D eigenvalue weighted by Gasteiger charge is -2.30. The molecule has 6 heteroatoms. The fourth-order valence-electron chi connectivity index (χ4n) is 4.48. The molecule has 17 heavy (non-hydrogen) atoms. The predicted molar refractivity (Wildman–Crippen MR) is 59.5 cm³/mol. The summed E-state index contributed by atoms with van der Waals surface area (Å²) in [4.78, 5) is 31.2. The monoisotopic (exact) mass is 260 g/mol. The van der Waals surface area contributed by atoms with E-state index in [-0.39, 0.29) is 17.1 Å². The Kier molecular flexibility index (Phi) is 2.24. The summed E-state index contributed by atoms with van der Waals surface area (Å²) in [5.41, 5.74) is -1.81. The molecule has 3 atom stereocenters. The largest absolute Gasteiger partial charge is 0.384 e. The average Bonchev–Trinajstić information content (AvgIpc) is 2.91. The number of ketones is 1. The predicted octanol–water partition coefficient (Wildman–Crippen LogP) is 0.938. The van der Waals surface area contributed by atoms with Crippen LogP contribution in [0.5, 0.6) is 0 Å². The van der Waals surface area contributed by atoms with Gasteiger partial charge >= 0.3 is 7.60 Å². The molecule has 2 N–H and O–H groups in total. The topological polar surface area (TPSA) is 83.8 Å². The van der Waals surface area contributed by atoms with Crippen LogP contribution in [-0.2, 0) is 14.1 Å². The van der Waals surface area contributed by atoms with Crippen molar-refractivity contribution < 1.29 is 23.9 Å². The number of carbonyl (C=O) groups is 1. The number of methoxy groups -OCH3 is 1. The van der Waals surface area contributed by atoms with E-state index in [1.165, 1.54) is 0 Å². The number of carbonyl (C=O) groups excluding carboxylic acids is 1. The van der Waals surface area contributed by atoms with E-state index in [0.717, 1.165) is 25.7 Å². The first-order chi connectivity index (χ1) is 7.89. The molecule has 0 aliphatic heterocycles. The maximum Gasteiger partial charge on any atom is 0.336 e. The first kappa shape index (κ1) is 11.8. The fraction of sp³-hybridized carbons (Fsp3) is 0.909. The van der Waals surface area contributed by atoms with Crippen LogP contribution in [-0.4, -0.2) is 34.9 Å². The van der Waals surface area contributed by atoms with Gasteiger partial charge in [0.1, 0.15) is 5.66 Å². The molecule has 0 heterocycles. The van der Waals surface area contributed by atoms with Gasteiger partial charge in [-0.2, -0.15) is 0 Å². The maximum absolute atomic E-state index is 12.4. The summed E-state index contributed by atoms with van der Waals surface area (Å²) < 4.78 is 16.7. The minimum atomic E-state index is -4.32. The summed E-state index contributed by atoms with van der Waals surface area (Å²) in [5.74, 6) is -0.354. The summed E-state index contributed by atoms with van der Waals surface area (Å²) in [7, 11) is -2.77.